The van der Waals surface area contributed by atoms with Crippen molar-refractivity contribution in [2.24, 2.45) is 0 Å². The molecule has 2 heterocycles. The summed E-state index contributed by atoms with van der Waals surface area (Å²) in [5.41, 5.74) is 2.54. The van der Waals surface area contributed by atoms with Crippen LogP contribution in [0.4, 0.5) is 4.39 Å². The van der Waals surface area contributed by atoms with Crippen LogP contribution in [-0.2, 0) is 5.33 Å². The first kappa shape index (κ1) is 12.2. The first-order valence-electron chi connectivity index (χ1n) is 5.68. The number of nitrogens with zero attached hydrogens (tertiary/aromatic N) is 3. The molecule has 0 spiro atoms. The minimum Gasteiger partial charge on any atom is -0.259 e. The Morgan fingerprint density at radius 1 is 1.11 bits per heavy atom. The summed E-state index contributed by atoms with van der Waals surface area (Å²) in [7, 11) is 0. The topological polar surface area (TPSA) is 38.7 Å². The van der Waals surface area contributed by atoms with Gasteiger partial charge in [0.15, 0.2) is 0 Å². The van der Waals surface area contributed by atoms with Crippen LogP contribution >= 0.6 is 15.9 Å². The summed E-state index contributed by atoms with van der Waals surface area (Å²) >= 11 is 3.41. The smallest absolute Gasteiger partial charge is 0.123 e. The van der Waals surface area contributed by atoms with Gasteiger partial charge in [0.2, 0.25) is 0 Å². The van der Waals surface area contributed by atoms with E-state index in [0.29, 0.717) is 5.33 Å². The van der Waals surface area contributed by atoms with E-state index in [1.165, 1.54) is 18.5 Å². The molecule has 0 atom stereocenters. The van der Waals surface area contributed by atoms with Crippen LogP contribution in [0.3, 0.4) is 0 Å². The van der Waals surface area contributed by atoms with Crippen LogP contribution in [0.5, 0.6) is 0 Å². The van der Waals surface area contributed by atoms with E-state index in [1.54, 1.807) is 24.7 Å². The fourth-order valence-electron chi connectivity index (χ4n) is 2.08. The zero-order valence-corrected chi connectivity index (χ0v) is 11.4. The van der Waals surface area contributed by atoms with E-state index in [-0.39, 0.29) is 5.82 Å². The van der Waals surface area contributed by atoms with Gasteiger partial charge in [0.05, 0.1) is 5.69 Å². The molecule has 94 valence electrons. The van der Waals surface area contributed by atoms with Gasteiger partial charge in [-0.05, 0) is 23.6 Å². The molecular formula is C14H9BrFN3. The number of hydrogen-bond acceptors (Lipinski definition) is 3. The van der Waals surface area contributed by atoms with Crippen molar-refractivity contribution in [3.8, 4) is 11.1 Å². The molecule has 0 bridgehead atoms. The minimum atomic E-state index is -0.266. The molecule has 0 fully saturated rings. The van der Waals surface area contributed by atoms with Gasteiger partial charge in [-0.3, -0.25) is 4.98 Å². The summed E-state index contributed by atoms with van der Waals surface area (Å²) in [5.74, 6) is -0.266. The molecule has 0 aliphatic carbocycles. The van der Waals surface area contributed by atoms with Gasteiger partial charge >= 0.3 is 0 Å². The van der Waals surface area contributed by atoms with Gasteiger partial charge in [-0.1, -0.05) is 15.9 Å². The maximum atomic E-state index is 13.5. The first-order valence-corrected chi connectivity index (χ1v) is 6.80. The van der Waals surface area contributed by atoms with Crippen molar-refractivity contribution in [3.63, 3.8) is 0 Å². The van der Waals surface area contributed by atoms with Crippen LogP contribution in [-0.4, -0.2) is 15.0 Å². The third-order valence-corrected chi connectivity index (χ3v) is 3.44. The molecular weight excluding hydrogens is 309 g/mol. The Kier molecular flexibility index (Phi) is 3.21. The largest absolute Gasteiger partial charge is 0.259 e. The van der Waals surface area contributed by atoms with E-state index < -0.39 is 0 Å². The monoisotopic (exact) mass is 317 g/mol. The van der Waals surface area contributed by atoms with E-state index >= 15 is 0 Å². The predicted molar refractivity (Wildman–Crippen MR) is 75.4 cm³/mol. The fraction of sp³-hybridized carbons (Fsp3) is 0.0714. The van der Waals surface area contributed by atoms with Crippen molar-refractivity contribution in [2.45, 2.75) is 5.33 Å². The summed E-state index contributed by atoms with van der Waals surface area (Å²) in [6, 6.07) is 4.68. The average Bonchev–Trinajstić information content (AvgIpc) is 2.46. The molecule has 3 rings (SSSR count). The maximum Gasteiger partial charge on any atom is 0.123 e. The Labute approximate surface area is 117 Å². The van der Waals surface area contributed by atoms with Crippen LogP contribution in [0.15, 0.2) is 43.1 Å². The van der Waals surface area contributed by atoms with Gasteiger partial charge < -0.3 is 0 Å². The molecule has 1 aromatic carbocycles. The van der Waals surface area contributed by atoms with E-state index in [0.717, 1.165) is 27.6 Å². The molecule has 0 radical (unpaired) electrons. The number of benzene rings is 1. The van der Waals surface area contributed by atoms with Crippen LogP contribution in [0, 0.1) is 5.82 Å². The van der Waals surface area contributed by atoms with Crippen LogP contribution < -0.4 is 0 Å². The van der Waals surface area contributed by atoms with Crippen molar-refractivity contribution in [2.75, 3.05) is 0 Å². The van der Waals surface area contributed by atoms with Crippen LogP contribution in [0.1, 0.15) is 5.69 Å². The van der Waals surface area contributed by atoms with Crippen molar-refractivity contribution >= 4 is 26.7 Å². The van der Waals surface area contributed by atoms with Crippen molar-refractivity contribution < 1.29 is 4.39 Å². The number of halogens is 2. The van der Waals surface area contributed by atoms with Crippen LogP contribution in [0.2, 0.25) is 0 Å². The Morgan fingerprint density at radius 3 is 2.63 bits per heavy atom. The molecule has 3 aromatic rings. The molecule has 5 heteroatoms. The van der Waals surface area contributed by atoms with Crippen molar-refractivity contribution in [1.82, 2.24) is 15.0 Å². The quantitative estimate of drug-likeness (QED) is 0.676. The zero-order valence-electron chi connectivity index (χ0n) is 9.85. The second-order valence-electron chi connectivity index (χ2n) is 4.07. The van der Waals surface area contributed by atoms with Crippen molar-refractivity contribution in [1.29, 1.82) is 0 Å². The molecule has 0 N–H and O–H groups in total. The van der Waals surface area contributed by atoms with Gasteiger partial charge in [0.25, 0.3) is 0 Å². The normalized spacial score (nSPS) is 10.8. The molecule has 0 aliphatic heterocycles. The molecule has 0 saturated heterocycles. The summed E-state index contributed by atoms with van der Waals surface area (Å²) < 4.78 is 13.5. The van der Waals surface area contributed by atoms with Gasteiger partial charge in [-0.25, -0.2) is 14.4 Å². The van der Waals surface area contributed by atoms with E-state index in [1.807, 2.05) is 0 Å². The fourth-order valence-corrected chi connectivity index (χ4v) is 2.50. The summed E-state index contributed by atoms with van der Waals surface area (Å²) in [5, 5.41) is 2.30. The standard InChI is InChI=1S/C14H9BrFN3/c15-4-13-14(10-5-17-8-18-6-10)12-3-11(16)2-1-9(12)7-19-13/h1-3,5-8H,4H2. The Hall–Kier alpha value is -1.88. The van der Waals surface area contributed by atoms with E-state index in [9.17, 15) is 4.39 Å². The number of hydrogen-bond donors (Lipinski definition) is 0. The van der Waals surface area contributed by atoms with Gasteiger partial charge in [-0.2, -0.15) is 0 Å². The second kappa shape index (κ2) is 5.01. The first-order chi connectivity index (χ1) is 9.29. The number of alkyl halides is 1. The number of rotatable bonds is 2. The second-order valence-corrected chi connectivity index (χ2v) is 4.63. The SMILES string of the molecule is Fc1ccc2cnc(CBr)c(-c3cncnc3)c2c1. The Balaban J connectivity index is 2.39. The molecule has 2 aromatic heterocycles. The third kappa shape index (κ3) is 2.21. The van der Waals surface area contributed by atoms with Gasteiger partial charge in [0.1, 0.15) is 12.1 Å². The molecule has 3 nitrogen and oxygen atoms in total. The number of pyridine rings is 1. The maximum absolute atomic E-state index is 13.5. The van der Waals surface area contributed by atoms with Gasteiger partial charge in [-0.15, -0.1) is 0 Å². The number of fused-ring (bicyclic) bond motifs is 1. The highest BCUT2D eigenvalue weighted by molar-refractivity contribution is 9.08. The Morgan fingerprint density at radius 2 is 1.89 bits per heavy atom. The summed E-state index contributed by atoms with van der Waals surface area (Å²) in [6.45, 7) is 0. The summed E-state index contributed by atoms with van der Waals surface area (Å²) in [4.78, 5) is 12.4. The predicted octanol–water partition coefficient (Wildman–Crippen LogP) is 3.73. The van der Waals surface area contributed by atoms with E-state index in [4.69, 9.17) is 0 Å². The van der Waals surface area contributed by atoms with E-state index in [2.05, 4.69) is 30.9 Å². The van der Waals surface area contributed by atoms with Gasteiger partial charge in [0, 0.05) is 40.4 Å². The molecule has 0 aliphatic rings. The Bertz CT molecular complexity index is 731. The third-order valence-electron chi connectivity index (χ3n) is 2.91. The average molecular weight is 318 g/mol. The zero-order chi connectivity index (χ0) is 13.2. The lowest BCUT2D eigenvalue weighted by molar-refractivity contribution is 0.630. The van der Waals surface area contributed by atoms with Crippen molar-refractivity contribution in [3.05, 3.63) is 54.6 Å². The lowest BCUT2D eigenvalue weighted by Crippen LogP contribution is -1.94. The highest BCUT2D eigenvalue weighted by Gasteiger charge is 2.12. The highest BCUT2D eigenvalue weighted by Crippen LogP contribution is 2.31. The molecule has 0 amide bonds. The summed E-state index contributed by atoms with van der Waals surface area (Å²) in [6.07, 6.45) is 6.64. The molecule has 0 unspecified atom stereocenters. The van der Waals surface area contributed by atoms with Crippen LogP contribution in [0.25, 0.3) is 21.9 Å². The number of aromatic nitrogens is 3. The molecule has 0 saturated carbocycles. The minimum absolute atomic E-state index is 0.266. The molecule has 19 heavy (non-hydrogen) atoms. The highest BCUT2D eigenvalue weighted by atomic mass is 79.9. The lowest BCUT2D eigenvalue weighted by Gasteiger charge is -2.10. The lowest BCUT2D eigenvalue weighted by atomic mass is 10.00.